The summed E-state index contributed by atoms with van der Waals surface area (Å²) in [7, 11) is 0. The molecule has 1 rings (SSSR count). The Kier molecular flexibility index (Phi) is 5.84. The van der Waals surface area contributed by atoms with E-state index >= 15 is 0 Å². The first-order chi connectivity index (χ1) is 8.76. The molecule has 0 aromatic carbocycles. The van der Waals surface area contributed by atoms with Crippen molar-refractivity contribution in [2.45, 2.75) is 66.3 Å². The minimum Gasteiger partial charge on any atom is -0.481 e. The van der Waals surface area contributed by atoms with Gasteiger partial charge in [0.15, 0.2) is 0 Å². The Morgan fingerprint density at radius 3 is 2.53 bits per heavy atom. The molecule has 1 saturated carbocycles. The normalized spacial score (nSPS) is 30.5. The lowest BCUT2D eigenvalue weighted by molar-refractivity contribution is -0.150. The summed E-state index contributed by atoms with van der Waals surface area (Å²) in [5.74, 6) is 0.339. The highest BCUT2D eigenvalue weighted by Gasteiger charge is 2.45. The lowest BCUT2D eigenvalue weighted by Crippen LogP contribution is -2.51. The van der Waals surface area contributed by atoms with Gasteiger partial charge < -0.3 is 10.4 Å². The van der Waals surface area contributed by atoms with E-state index in [1.165, 1.54) is 12.8 Å². The number of carboxylic acid groups (broad SMARTS) is 1. The van der Waals surface area contributed by atoms with E-state index in [4.69, 9.17) is 0 Å². The average Bonchev–Trinajstić information content (AvgIpc) is 2.28. The van der Waals surface area contributed by atoms with Gasteiger partial charge in [-0.05, 0) is 49.5 Å². The molecule has 1 aliphatic rings. The fraction of sp³-hybridized carbons (Fsp3) is 0.938. The smallest absolute Gasteiger partial charge is 0.307 e. The molecule has 0 heterocycles. The molecular weight excluding hydrogens is 238 g/mol. The lowest BCUT2D eigenvalue weighted by atomic mass is 9.61. The van der Waals surface area contributed by atoms with Gasteiger partial charge in [-0.1, -0.05) is 34.6 Å². The molecule has 0 amide bonds. The molecule has 19 heavy (non-hydrogen) atoms. The second-order valence-electron chi connectivity index (χ2n) is 7.17. The molecule has 2 N–H and O–H groups in total. The number of carbonyl (C=O) groups is 1. The van der Waals surface area contributed by atoms with Crippen LogP contribution in [0.2, 0.25) is 0 Å². The van der Waals surface area contributed by atoms with Crippen LogP contribution in [-0.2, 0) is 4.79 Å². The van der Waals surface area contributed by atoms with Crippen LogP contribution in [0.15, 0.2) is 0 Å². The number of aliphatic carboxylic acids is 1. The van der Waals surface area contributed by atoms with E-state index in [0.717, 1.165) is 25.3 Å². The van der Waals surface area contributed by atoms with Crippen LogP contribution >= 0.6 is 0 Å². The van der Waals surface area contributed by atoms with Gasteiger partial charge in [-0.25, -0.2) is 0 Å². The van der Waals surface area contributed by atoms with Crippen molar-refractivity contribution >= 4 is 5.97 Å². The zero-order valence-electron chi connectivity index (χ0n) is 13.2. The molecule has 1 aliphatic carbocycles. The van der Waals surface area contributed by atoms with Gasteiger partial charge in [0.1, 0.15) is 0 Å². The third-order valence-electron chi connectivity index (χ3n) is 5.10. The average molecular weight is 269 g/mol. The monoisotopic (exact) mass is 269 g/mol. The second-order valence-corrected chi connectivity index (χ2v) is 7.17. The van der Waals surface area contributed by atoms with E-state index in [1.54, 1.807) is 0 Å². The number of hydrogen-bond donors (Lipinski definition) is 2. The topological polar surface area (TPSA) is 49.3 Å². The van der Waals surface area contributed by atoms with Gasteiger partial charge in [0.05, 0.1) is 5.92 Å². The van der Waals surface area contributed by atoms with Crippen LogP contribution < -0.4 is 5.32 Å². The molecule has 3 nitrogen and oxygen atoms in total. The van der Waals surface area contributed by atoms with E-state index in [0.29, 0.717) is 12.0 Å². The number of rotatable bonds is 6. The Morgan fingerprint density at radius 1 is 1.37 bits per heavy atom. The predicted octanol–water partition coefficient (Wildman–Crippen LogP) is 3.54. The SMILES string of the molecule is CC(C)CCCNC1CCC(C(=O)O)C(C)(C)C1C. The molecule has 0 saturated heterocycles. The molecule has 3 heteroatoms. The van der Waals surface area contributed by atoms with E-state index in [-0.39, 0.29) is 11.3 Å². The van der Waals surface area contributed by atoms with Crippen molar-refractivity contribution in [3.63, 3.8) is 0 Å². The predicted molar refractivity (Wildman–Crippen MR) is 79.2 cm³/mol. The van der Waals surface area contributed by atoms with Gasteiger partial charge in [-0.2, -0.15) is 0 Å². The Hall–Kier alpha value is -0.570. The highest BCUT2D eigenvalue weighted by atomic mass is 16.4. The maximum Gasteiger partial charge on any atom is 0.307 e. The molecule has 0 aromatic rings. The van der Waals surface area contributed by atoms with Crippen LogP contribution in [0.25, 0.3) is 0 Å². The second kappa shape index (κ2) is 6.74. The third kappa shape index (κ3) is 4.20. The fourth-order valence-electron chi connectivity index (χ4n) is 3.32. The molecular formula is C16H31NO2. The van der Waals surface area contributed by atoms with Gasteiger partial charge >= 0.3 is 5.97 Å². The first-order valence-electron chi connectivity index (χ1n) is 7.73. The number of hydrogen-bond acceptors (Lipinski definition) is 2. The van der Waals surface area contributed by atoms with E-state index < -0.39 is 5.97 Å². The Morgan fingerprint density at radius 2 is 2.00 bits per heavy atom. The standard InChI is InChI=1S/C16H31NO2/c1-11(2)7-6-10-17-14-9-8-13(15(18)19)16(4,5)12(14)3/h11-14,17H,6-10H2,1-5H3,(H,18,19). The number of nitrogens with one attached hydrogen (secondary N) is 1. The van der Waals surface area contributed by atoms with Crippen LogP contribution in [0.1, 0.15) is 60.3 Å². The molecule has 0 bridgehead atoms. The summed E-state index contributed by atoms with van der Waals surface area (Å²) in [6.07, 6.45) is 4.26. The molecule has 0 spiro atoms. The minimum absolute atomic E-state index is 0.125. The molecule has 3 unspecified atom stereocenters. The van der Waals surface area contributed by atoms with Crippen molar-refractivity contribution in [3.05, 3.63) is 0 Å². The Balaban J connectivity index is 2.48. The summed E-state index contributed by atoms with van der Waals surface area (Å²) in [5, 5.41) is 13.0. The van der Waals surface area contributed by atoms with Gasteiger partial charge in [0.25, 0.3) is 0 Å². The maximum absolute atomic E-state index is 11.3. The third-order valence-corrected chi connectivity index (χ3v) is 5.10. The van der Waals surface area contributed by atoms with Gasteiger partial charge in [-0.15, -0.1) is 0 Å². The van der Waals surface area contributed by atoms with Gasteiger partial charge in [-0.3, -0.25) is 4.79 Å². The largest absolute Gasteiger partial charge is 0.481 e. The van der Waals surface area contributed by atoms with Crippen molar-refractivity contribution < 1.29 is 9.90 Å². The molecule has 0 radical (unpaired) electrons. The zero-order chi connectivity index (χ0) is 14.6. The van der Waals surface area contributed by atoms with E-state index in [2.05, 4.69) is 39.9 Å². The first-order valence-corrected chi connectivity index (χ1v) is 7.73. The van der Waals surface area contributed by atoms with Gasteiger partial charge in [0.2, 0.25) is 0 Å². The van der Waals surface area contributed by atoms with E-state index in [1.807, 2.05) is 0 Å². The Bertz CT molecular complexity index is 299. The van der Waals surface area contributed by atoms with Crippen molar-refractivity contribution in [1.82, 2.24) is 5.32 Å². The lowest BCUT2D eigenvalue weighted by Gasteiger charge is -2.46. The first kappa shape index (κ1) is 16.5. The van der Waals surface area contributed by atoms with Crippen molar-refractivity contribution in [2.24, 2.45) is 23.2 Å². The summed E-state index contributed by atoms with van der Waals surface area (Å²) in [6, 6.07) is 0.470. The van der Waals surface area contributed by atoms with Gasteiger partial charge in [0, 0.05) is 6.04 Å². The highest BCUT2D eigenvalue weighted by Crippen LogP contribution is 2.45. The molecule has 1 fully saturated rings. The van der Waals surface area contributed by atoms with Crippen LogP contribution in [0.4, 0.5) is 0 Å². The minimum atomic E-state index is -0.630. The van der Waals surface area contributed by atoms with Crippen molar-refractivity contribution in [1.29, 1.82) is 0 Å². The summed E-state index contributed by atoms with van der Waals surface area (Å²) in [4.78, 5) is 11.3. The van der Waals surface area contributed by atoms with Crippen LogP contribution in [0, 0.1) is 23.2 Å². The summed E-state index contributed by atoms with van der Waals surface area (Å²) in [6.45, 7) is 12.0. The molecule has 112 valence electrons. The van der Waals surface area contributed by atoms with Crippen LogP contribution in [0.3, 0.4) is 0 Å². The fourth-order valence-corrected chi connectivity index (χ4v) is 3.32. The quantitative estimate of drug-likeness (QED) is 0.725. The Labute approximate surface area is 118 Å². The zero-order valence-corrected chi connectivity index (χ0v) is 13.2. The summed E-state index contributed by atoms with van der Waals surface area (Å²) in [5.41, 5.74) is -0.125. The molecule has 0 aromatic heterocycles. The molecule has 0 aliphatic heterocycles. The highest BCUT2D eigenvalue weighted by molar-refractivity contribution is 5.71. The van der Waals surface area contributed by atoms with Crippen LogP contribution in [0.5, 0.6) is 0 Å². The molecule has 3 atom stereocenters. The summed E-state index contributed by atoms with van der Waals surface area (Å²) < 4.78 is 0. The summed E-state index contributed by atoms with van der Waals surface area (Å²) >= 11 is 0. The van der Waals surface area contributed by atoms with Crippen molar-refractivity contribution in [2.75, 3.05) is 6.54 Å². The number of carboxylic acids is 1. The van der Waals surface area contributed by atoms with Crippen molar-refractivity contribution in [3.8, 4) is 0 Å². The van der Waals surface area contributed by atoms with Crippen LogP contribution in [-0.4, -0.2) is 23.7 Å². The van der Waals surface area contributed by atoms with E-state index in [9.17, 15) is 9.90 Å². The maximum atomic E-state index is 11.3.